The summed E-state index contributed by atoms with van der Waals surface area (Å²) in [5.41, 5.74) is 1.17. The molecule has 0 aromatic rings. The van der Waals surface area contributed by atoms with Crippen molar-refractivity contribution in [3.63, 3.8) is 0 Å². The summed E-state index contributed by atoms with van der Waals surface area (Å²) in [6, 6.07) is 0. The lowest BCUT2D eigenvalue weighted by Gasteiger charge is -2.36. The van der Waals surface area contributed by atoms with Gasteiger partial charge in [-0.25, -0.2) is 0 Å². The fourth-order valence-corrected chi connectivity index (χ4v) is 5.85. The Kier molecular flexibility index (Phi) is 4.11. The second-order valence-corrected chi connectivity index (χ2v) is 13.4. The maximum Gasteiger partial charge on any atom is 0.153 e. The predicted molar refractivity (Wildman–Crippen MR) is 73.0 cm³/mol. The van der Waals surface area contributed by atoms with Crippen LogP contribution < -0.4 is 0 Å². The predicted octanol–water partition coefficient (Wildman–Crippen LogP) is 5.20. The highest BCUT2D eigenvalue weighted by atomic mass is 35.6. The van der Waals surface area contributed by atoms with Crippen molar-refractivity contribution in [2.75, 3.05) is 0 Å². The van der Waals surface area contributed by atoms with Crippen LogP contribution in [0.15, 0.2) is 12.2 Å². The highest BCUT2D eigenvalue weighted by Crippen LogP contribution is 2.46. The molecule has 1 rings (SSSR count). The van der Waals surface area contributed by atoms with Crippen LogP contribution in [0.25, 0.3) is 0 Å². The van der Waals surface area contributed by atoms with E-state index in [1.807, 2.05) is 0 Å². The van der Waals surface area contributed by atoms with E-state index >= 15 is 0 Å². The van der Waals surface area contributed by atoms with Crippen molar-refractivity contribution in [2.45, 2.75) is 58.7 Å². The molecule has 88 valence electrons. The monoisotopic (exact) mass is 244 g/mol. The van der Waals surface area contributed by atoms with Gasteiger partial charge in [0.1, 0.15) is 0 Å². The Labute approximate surface area is 101 Å². The van der Waals surface area contributed by atoms with Crippen molar-refractivity contribution in [3.8, 4) is 0 Å². The fraction of sp³-hybridized carbons (Fsp3) is 0.846. The minimum atomic E-state index is -1.53. The Balaban J connectivity index is 2.70. The fourth-order valence-electron chi connectivity index (χ4n) is 2.60. The minimum Gasteiger partial charge on any atom is -0.167 e. The molecule has 0 aromatic heterocycles. The topological polar surface area (TPSA) is 0 Å². The molecule has 0 aromatic carbocycles. The van der Waals surface area contributed by atoms with E-state index in [-0.39, 0.29) is 0 Å². The van der Waals surface area contributed by atoms with Crippen molar-refractivity contribution in [1.29, 1.82) is 0 Å². The van der Waals surface area contributed by atoms with E-state index in [4.69, 9.17) is 11.1 Å². The first-order valence-corrected chi connectivity index (χ1v) is 10.1. The van der Waals surface area contributed by atoms with Gasteiger partial charge in [0.05, 0.1) is 0 Å². The maximum atomic E-state index is 6.70. The van der Waals surface area contributed by atoms with E-state index in [0.29, 0.717) is 5.41 Å². The minimum absolute atomic E-state index is 0.409. The quantitative estimate of drug-likeness (QED) is 0.364. The number of halogens is 1. The Morgan fingerprint density at radius 1 is 1.27 bits per heavy atom. The van der Waals surface area contributed by atoms with Crippen molar-refractivity contribution < 1.29 is 0 Å². The summed E-state index contributed by atoms with van der Waals surface area (Å²) >= 11 is 6.70. The number of allylic oxidation sites excluding steroid dienone is 2. The van der Waals surface area contributed by atoms with Crippen LogP contribution in [-0.4, -0.2) is 7.38 Å². The van der Waals surface area contributed by atoms with E-state index < -0.39 is 7.38 Å². The number of hydrogen-bond acceptors (Lipinski definition) is 0. The Morgan fingerprint density at radius 2 is 1.73 bits per heavy atom. The first-order valence-electron chi connectivity index (χ1n) is 6.04. The molecule has 15 heavy (non-hydrogen) atoms. The zero-order chi connectivity index (χ0) is 11.7. The van der Waals surface area contributed by atoms with Crippen LogP contribution in [-0.2, 0) is 0 Å². The first-order chi connectivity index (χ1) is 6.70. The summed E-state index contributed by atoms with van der Waals surface area (Å²) in [7, 11) is -1.53. The molecule has 1 aliphatic carbocycles. The molecule has 1 unspecified atom stereocenters. The molecule has 0 aliphatic heterocycles. The van der Waals surface area contributed by atoms with Crippen molar-refractivity contribution >= 4 is 18.5 Å². The molecular formula is C13H25ClSi. The molecule has 0 saturated heterocycles. The molecule has 0 saturated carbocycles. The van der Waals surface area contributed by atoms with E-state index in [9.17, 15) is 0 Å². The molecule has 0 nitrogen and oxygen atoms in total. The Morgan fingerprint density at radius 3 is 2.07 bits per heavy atom. The third-order valence-electron chi connectivity index (χ3n) is 3.33. The number of rotatable bonds is 3. The van der Waals surface area contributed by atoms with Gasteiger partial charge in [-0.1, -0.05) is 46.0 Å². The summed E-state index contributed by atoms with van der Waals surface area (Å²) in [5, 5.41) is 0. The lowest BCUT2D eigenvalue weighted by atomic mass is 9.85. The second kappa shape index (κ2) is 4.63. The Hall–Kier alpha value is 0.247. The van der Waals surface area contributed by atoms with Gasteiger partial charge in [-0.05, 0) is 36.1 Å². The van der Waals surface area contributed by atoms with Crippen LogP contribution in [0.2, 0.25) is 18.6 Å². The van der Waals surface area contributed by atoms with Gasteiger partial charge in [0.2, 0.25) is 0 Å². The van der Waals surface area contributed by atoms with Gasteiger partial charge in [0, 0.05) is 0 Å². The van der Waals surface area contributed by atoms with Crippen LogP contribution in [0.1, 0.15) is 40.0 Å². The van der Waals surface area contributed by atoms with Gasteiger partial charge >= 0.3 is 0 Å². The van der Waals surface area contributed by atoms with Gasteiger partial charge in [-0.3, -0.25) is 0 Å². The average molecular weight is 245 g/mol. The van der Waals surface area contributed by atoms with E-state index in [2.05, 4.69) is 46.0 Å². The largest absolute Gasteiger partial charge is 0.167 e. The van der Waals surface area contributed by atoms with Gasteiger partial charge in [0.15, 0.2) is 7.38 Å². The molecule has 2 heteroatoms. The highest BCUT2D eigenvalue weighted by Gasteiger charge is 2.38. The maximum absolute atomic E-state index is 6.70. The van der Waals surface area contributed by atoms with Crippen LogP contribution in [0.5, 0.6) is 0 Å². The molecule has 0 N–H and O–H groups in total. The molecule has 1 atom stereocenters. The zero-order valence-corrected chi connectivity index (χ0v) is 12.6. The highest BCUT2D eigenvalue weighted by molar-refractivity contribution is 7.19. The van der Waals surface area contributed by atoms with Crippen molar-refractivity contribution in [3.05, 3.63) is 12.2 Å². The molecule has 0 radical (unpaired) electrons. The molecule has 0 amide bonds. The van der Waals surface area contributed by atoms with Crippen LogP contribution in [0.4, 0.5) is 0 Å². The van der Waals surface area contributed by atoms with Crippen molar-refractivity contribution in [2.24, 2.45) is 11.3 Å². The van der Waals surface area contributed by atoms with Crippen LogP contribution in [0.3, 0.4) is 0 Å². The normalized spacial score (nSPS) is 20.9. The molecular weight excluding hydrogens is 220 g/mol. The van der Waals surface area contributed by atoms with Crippen LogP contribution >= 0.6 is 11.1 Å². The van der Waals surface area contributed by atoms with Gasteiger partial charge < -0.3 is 0 Å². The summed E-state index contributed by atoms with van der Waals surface area (Å²) < 4.78 is 0. The Bertz CT molecular complexity index is 224. The number of hydrogen-bond donors (Lipinski definition) is 0. The van der Waals surface area contributed by atoms with E-state index in [1.54, 1.807) is 0 Å². The van der Waals surface area contributed by atoms with E-state index in [1.165, 1.54) is 19.3 Å². The summed E-state index contributed by atoms with van der Waals surface area (Å²) in [4.78, 5) is 0. The molecule has 0 spiro atoms. The zero-order valence-electron chi connectivity index (χ0n) is 10.8. The summed E-state index contributed by atoms with van der Waals surface area (Å²) in [6.07, 6.45) is 8.45. The smallest absolute Gasteiger partial charge is 0.153 e. The SMILES string of the molecule is CC(C)(C)CC(C1CC=CC1)[Si](C)(C)Cl. The second-order valence-electron chi connectivity index (χ2n) is 6.64. The average Bonchev–Trinajstić information content (AvgIpc) is 2.47. The molecule has 0 fully saturated rings. The summed E-state index contributed by atoms with van der Waals surface area (Å²) in [6.45, 7) is 11.6. The van der Waals surface area contributed by atoms with E-state index in [0.717, 1.165) is 11.5 Å². The molecule has 0 heterocycles. The standard InChI is InChI=1S/C13H25ClSi/c1-13(2,3)10-12(15(4,5)14)11-8-6-7-9-11/h6-7,11-12H,8-10H2,1-5H3. The third-order valence-corrected chi connectivity index (χ3v) is 6.61. The van der Waals surface area contributed by atoms with Gasteiger partial charge in [0.25, 0.3) is 0 Å². The molecule has 0 bridgehead atoms. The lowest BCUT2D eigenvalue weighted by Crippen LogP contribution is -2.33. The van der Waals surface area contributed by atoms with Crippen LogP contribution in [0, 0.1) is 11.3 Å². The van der Waals surface area contributed by atoms with Gasteiger partial charge in [-0.2, -0.15) is 11.1 Å². The third kappa shape index (κ3) is 4.32. The van der Waals surface area contributed by atoms with Gasteiger partial charge in [-0.15, -0.1) is 0 Å². The lowest BCUT2D eigenvalue weighted by molar-refractivity contribution is 0.323. The first kappa shape index (κ1) is 13.3. The molecule has 1 aliphatic rings. The summed E-state index contributed by atoms with van der Waals surface area (Å²) in [5.74, 6) is 0.823. The van der Waals surface area contributed by atoms with Crippen molar-refractivity contribution in [1.82, 2.24) is 0 Å².